The predicted octanol–water partition coefficient (Wildman–Crippen LogP) is 1.94. The fourth-order valence-electron chi connectivity index (χ4n) is 2.92. The molecule has 1 aliphatic rings. The summed E-state index contributed by atoms with van der Waals surface area (Å²) in [6, 6.07) is 14.2. The lowest BCUT2D eigenvalue weighted by molar-refractivity contribution is 0.302. The molecule has 1 atom stereocenters. The van der Waals surface area contributed by atoms with Crippen molar-refractivity contribution < 1.29 is 8.42 Å². The van der Waals surface area contributed by atoms with Crippen molar-refractivity contribution in [3.8, 4) is 17.3 Å². The number of likely N-dealkylation sites (N-methyl/N-ethyl adjacent to an activating group) is 1. The van der Waals surface area contributed by atoms with Crippen LogP contribution in [0, 0.1) is 11.3 Å². The van der Waals surface area contributed by atoms with Gasteiger partial charge in [-0.25, -0.2) is 13.4 Å². The summed E-state index contributed by atoms with van der Waals surface area (Å²) in [5.41, 5.74) is 1.91. The molecule has 1 aromatic carbocycles. The molecule has 0 saturated carbocycles. The van der Waals surface area contributed by atoms with Gasteiger partial charge in [-0.2, -0.15) is 9.57 Å². The molecule has 0 radical (unpaired) electrons. The van der Waals surface area contributed by atoms with Crippen LogP contribution in [0.2, 0.25) is 0 Å². The van der Waals surface area contributed by atoms with E-state index in [-0.39, 0.29) is 11.1 Å². The Kier molecular flexibility index (Phi) is 4.86. The van der Waals surface area contributed by atoms with Gasteiger partial charge in [0.1, 0.15) is 0 Å². The van der Waals surface area contributed by atoms with Crippen molar-refractivity contribution >= 4 is 10.0 Å². The van der Waals surface area contributed by atoms with Crippen molar-refractivity contribution in [3.05, 3.63) is 48.0 Å². The van der Waals surface area contributed by atoms with Gasteiger partial charge >= 0.3 is 0 Å². The first-order valence-corrected chi connectivity index (χ1v) is 9.50. The van der Waals surface area contributed by atoms with Crippen molar-refractivity contribution in [1.82, 2.24) is 14.2 Å². The topological polar surface area (TPSA) is 77.3 Å². The summed E-state index contributed by atoms with van der Waals surface area (Å²) in [5.74, 6) is 0. The second kappa shape index (κ2) is 6.92. The number of pyridine rings is 1. The van der Waals surface area contributed by atoms with Crippen molar-refractivity contribution in [2.24, 2.45) is 0 Å². The highest BCUT2D eigenvalue weighted by molar-refractivity contribution is 7.89. The third kappa shape index (κ3) is 3.56. The third-order valence-electron chi connectivity index (χ3n) is 4.49. The molecule has 0 bridgehead atoms. The Bertz CT molecular complexity index is 901. The standard InChI is InChI=1S/C18H20N4O2S/c1-21(2)16-10-11-22(13-16)25(23,24)18-5-3-4-17(20-18)15-8-6-14(12-19)7-9-15/h3-9,16H,10-11,13H2,1-2H3. The van der Waals surface area contributed by atoms with Crippen molar-refractivity contribution in [1.29, 1.82) is 5.26 Å². The van der Waals surface area contributed by atoms with E-state index in [1.54, 1.807) is 36.4 Å². The van der Waals surface area contributed by atoms with E-state index in [2.05, 4.69) is 16.0 Å². The largest absolute Gasteiger partial charge is 0.305 e. The number of aromatic nitrogens is 1. The second-order valence-corrected chi connectivity index (χ2v) is 8.20. The molecule has 2 aromatic rings. The van der Waals surface area contributed by atoms with Crippen LogP contribution < -0.4 is 0 Å². The van der Waals surface area contributed by atoms with E-state index in [0.717, 1.165) is 12.0 Å². The summed E-state index contributed by atoms with van der Waals surface area (Å²) >= 11 is 0. The highest BCUT2D eigenvalue weighted by atomic mass is 32.2. The van der Waals surface area contributed by atoms with Gasteiger partial charge < -0.3 is 4.90 Å². The van der Waals surface area contributed by atoms with E-state index < -0.39 is 10.0 Å². The summed E-state index contributed by atoms with van der Waals surface area (Å²) < 4.78 is 27.3. The number of benzene rings is 1. The Morgan fingerprint density at radius 3 is 2.52 bits per heavy atom. The monoisotopic (exact) mass is 356 g/mol. The first kappa shape index (κ1) is 17.5. The van der Waals surface area contributed by atoms with Gasteiger partial charge in [0, 0.05) is 24.7 Å². The quantitative estimate of drug-likeness (QED) is 0.837. The van der Waals surface area contributed by atoms with Crippen molar-refractivity contribution in [2.75, 3.05) is 27.2 Å². The maximum atomic E-state index is 12.9. The molecule has 1 saturated heterocycles. The highest BCUT2D eigenvalue weighted by Crippen LogP contribution is 2.24. The molecule has 7 heteroatoms. The summed E-state index contributed by atoms with van der Waals surface area (Å²) in [7, 11) is 0.320. The van der Waals surface area contributed by atoms with E-state index >= 15 is 0 Å². The number of rotatable bonds is 4. The Morgan fingerprint density at radius 1 is 1.20 bits per heavy atom. The smallest absolute Gasteiger partial charge is 0.260 e. The minimum atomic E-state index is -3.61. The zero-order chi connectivity index (χ0) is 18.0. The van der Waals surface area contributed by atoms with Gasteiger partial charge in [-0.15, -0.1) is 0 Å². The van der Waals surface area contributed by atoms with Crippen LogP contribution >= 0.6 is 0 Å². The van der Waals surface area contributed by atoms with Crippen molar-refractivity contribution in [2.45, 2.75) is 17.5 Å². The molecular weight excluding hydrogens is 336 g/mol. The van der Waals surface area contributed by atoms with Gasteiger partial charge in [0.15, 0.2) is 5.03 Å². The first-order valence-electron chi connectivity index (χ1n) is 8.06. The maximum absolute atomic E-state index is 12.9. The SMILES string of the molecule is CN(C)C1CCN(S(=O)(=O)c2cccc(-c3ccc(C#N)cc3)n2)C1. The average molecular weight is 356 g/mol. The maximum Gasteiger partial charge on any atom is 0.260 e. The molecule has 6 nitrogen and oxygen atoms in total. The number of nitriles is 1. The van der Waals surface area contributed by atoms with E-state index in [0.29, 0.717) is 24.3 Å². The van der Waals surface area contributed by atoms with Crippen LogP contribution in [0.15, 0.2) is 47.5 Å². The van der Waals surface area contributed by atoms with Crippen LogP contribution in [0.5, 0.6) is 0 Å². The Morgan fingerprint density at radius 2 is 1.92 bits per heavy atom. The molecule has 2 heterocycles. The zero-order valence-electron chi connectivity index (χ0n) is 14.3. The average Bonchev–Trinajstić information content (AvgIpc) is 3.13. The van der Waals surface area contributed by atoms with Gasteiger partial charge in [-0.1, -0.05) is 18.2 Å². The van der Waals surface area contributed by atoms with E-state index in [4.69, 9.17) is 5.26 Å². The van der Waals surface area contributed by atoms with Gasteiger partial charge in [-0.05, 0) is 44.8 Å². The minimum absolute atomic E-state index is 0.0637. The number of hydrogen-bond donors (Lipinski definition) is 0. The van der Waals surface area contributed by atoms with Crippen LogP contribution in [0.3, 0.4) is 0 Å². The number of nitrogens with zero attached hydrogens (tertiary/aromatic N) is 4. The van der Waals surface area contributed by atoms with Crippen LogP contribution in [0.1, 0.15) is 12.0 Å². The lowest BCUT2D eigenvalue weighted by Crippen LogP contribution is -2.34. The first-order chi connectivity index (χ1) is 11.9. The van der Waals surface area contributed by atoms with Gasteiger partial charge in [0.05, 0.1) is 17.3 Å². The highest BCUT2D eigenvalue weighted by Gasteiger charge is 2.34. The molecule has 1 aliphatic heterocycles. The van der Waals surface area contributed by atoms with Gasteiger partial charge in [-0.3, -0.25) is 0 Å². The lowest BCUT2D eigenvalue weighted by atomic mass is 10.1. The summed E-state index contributed by atoms with van der Waals surface area (Å²) in [5, 5.41) is 8.94. The van der Waals surface area contributed by atoms with E-state index in [1.165, 1.54) is 10.4 Å². The molecule has 0 N–H and O–H groups in total. The Labute approximate surface area is 148 Å². The molecule has 0 amide bonds. The van der Waals surface area contributed by atoms with Crippen LogP contribution in [0.4, 0.5) is 0 Å². The summed E-state index contributed by atoms with van der Waals surface area (Å²) in [6.45, 7) is 0.992. The fourth-order valence-corrected chi connectivity index (χ4v) is 4.36. The Hall–Kier alpha value is -2.27. The lowest BCUT2D eigenvalue weighted by Gasteiger charge is -2.20. The van der Waals surface area contributed by atoms with E-state index in [9.17, 15) is 8.42 Å². The second-order valence-electron chi connectivity index (χ2n) is 6.32. The summed E-state index contributed by atoms with van der Waals surface area (Å²) in [4.78, 5) is 6.41. The summed E-state index contributed by atoms with van der Waals surface area (Å²) in [6.07, 6.45) is 0.821. The molecular formula is C18H20N4O2S. The van der Waals surface area contributed by atoms with Crippen LogP contribution in [-0.4, -0.2) is 55.8 Å². The number of hydrogen-bond acceptors (Lipinski definition) is 5. The molecule has 1 unspecified atom stereocenters. The fraction of sp³-hybridized carbons (Fsp3) is 0.333. The van der Waals surface area contributed by atoms with E-state index in [1.807, 2.05) is 14.1 Å². The predicted molar refractivity (Wildman–Crippen MR) is 95.2 cm³/mol. The zero-order valence-corrected chi connectivity index (χ0v) is 15.1. The van der Waals surface area contributed by atoms with Gasteiger partial charge in [0.25, 0.3) is 10.0 Å². The van der Waals surface area contributed by atoms with Crippen molar-refractivity contribution in [3.63, 3.8) is 0 Å². The Balaban J connectivity index is 1.89. The molecule has 0 aliphatic carbocycles. The molecule has 3 rings (SSSR count). The molecule has 1 fully saturated rings. The molecule has 25 heavy (non-hydrogen) atoms. The third-order valence-corrected chi connectivity index (χ3v) is 6.26. The normalized spacial score (nSPS) is 18.4. The van der Waals surface area contributed by atoms with Crippen LogP contribution in [0.25, 0.3) is 11.3 Å². The molecule has 1 aromatic heterocycles. The number of sulfonamides is 1. The minimum Gasteiger partial charge on any atom is -0.305 e. The van der Waals surface area contributed by atoms with Gasteiger partial charge in [0.2, 0.25) is 0 Å². The van der Waals surface area contributed by atoms with Crippen LogP contribution in [-0.2, 0) is 10.0 Å². The molecule has 0 spiro atoms. The molecule has 130 valence electrons.